The molecule has 1 aliphatic heterocycles. The van der Waals surface area contributed by atoms with Crippen LogP contribution in [-0.4, -0.2) is 40.8 Å². The zero-order valence-corrected chi connectivity index (χ0v) is 19.3. The second-order valence-electron chi connectivity index (χ2n) is 8.98. The standard InChI is InChI=1S/C25H28F3NO5/c1-16-6-9-18(13-21(16)34-24(2,3)22(30)31)19-5-4-12-29(14-19)23(32)33-15-17-7-10-20(11-8-17)25(26,27)28/h6-11,13,19H,4-5,12,14-15H2,1-3H3,(H,30,31). The molecule has 9 heteroatoms. The van der Waals surface area contributed by atoms with Gasteiger partial charge in [-0.1, -0.05) is 24.3 Å². The molecule has 6 nitrogen and oxygen atoms in total. The molecule has 1 atom stereocenters. The smallest absolute Gasteiger partial charge is 0.416 e. The molecule has 0 saturated carbocycles. The van der Waals surface area contributed by atoms with Crippen LogP contribution in [0.5, 0.6) is 5.75 Å². The third-order valence-corrected chi connectivity index (χ3v) is 5.89. The Morgan fingerprint density at radius 1 is 1.12 bits per heavy atom. The van der Waals surface area contributed by atoms with Crippen molar-refractivity contribution in [2.45, 2.75) is 57.9 Å². The van der Waals surface area contributed by atoms with Crippen molar-refractivity contribution in [3.8, 4) is 5.75 Å². The van der Waals surface area contributed by atoms with Crippen LogP contribution >= 0.6 is 0 Å². The fourth-order valence-electron chi connectivity index (χ4n) is 3.74. The van der Waals surface area contributed by atoms with E-state index in [1.165, 1.54) is 26.0 Å². The van der Waals surface area contributed by atoms with Crippen molar-refractivity contribution < 1.29 is 37.3 Å². The third kappa shape index (κ3) is 6.21. The van der Waals surface area contributed by atoms with Crippen molar-refractivity contribution in [1.82, 2.24) is 4.90 Å². The molecule has 1 fully saturated rings. The number of likely N-dealkylation sites (tertiary alicyclic amines) is 1. The van der Waals surface area contributed by atoms with E-state index >= 15 is 0 Å². The van der Waals surface area contributed by atoms with E-state index < -0.39 is 29.4 Å². The lowest BCUT2D eigenvalue weighted by Crippen LogP contribution is -2.39. The van der Waals surface area contributed by atoms with Crippen molar-refractivity contribution in [2.75, 3.05) is 13.1 Å². The van der Waals surface area contributed by atoms with Gasteiger partial charge < -0.3 is 19.5 Å². The second kappa shape index (κ2) is 9.95. The molecule has 0 aliphatic carbocycles. The zero-order chi connectivity index (χ0) is 25.1. The molecule has 1 N–H and O–H groups in total. The minimum Gasteiger partial charge on any atom is -0.478 e. The summed E-state index contributed by atoms with van der Waals surface area (Å²) in [5.41, 5.74) is 0.0685. The zero-order valence-electron chi connectivity index (χ0n) is 19.3. The summed E-state index contributed by atoms with van der Waals surface area (Å²) >= 11 is 0. The fourth-order valence-corrected chi connectivity index (χ4v) is 3.74. The first-order chi connectivity index (χ1) is 15.9. The van der Waals surface area contributed by atoms with Crippen LogP contribution in [0, 0.1) is 6.92 Å². The summed E-state index contributed by atoms with van der Waals surface area (Å²) in [4.78, 5) is 25.6. The van der Waals surface area contributed by atoms with Gasteiger partial charge in [-0.25, -0.2) is 9.59 Å². The number of aliphatic carboxylic acids is 1. The molecule has 1 aliphatic rings. The molecule has 1 saturated heterocycles. The lowest BCUT2D eigenvalue weighted by atomic mass is 9.90. The van der Waals surface area contributed by atoms with Gasteiger partial charge in [0.05, 0.1) is 5.56 Å². The van der Waals surface area contributed by atoms with Gasteiger partial charge in [0.1, 0.15) is 12.4 Å². The predicted molar refractivity (Wildman–Crippen MR) is 119 cm³/mol. The lowest BCUT2D eigenvalue weighted by Gasteiger charge is -2.33. The number of benzene rings is 2. The monoisotopic (exact) mass is 479 g/mol. The number of aryl methyl sites for hydroxylation is 1. The number of carboxylic acid groups (broad SMARTS) is 1. The van der Waals surface area contributed by atoms with Gasteiger partial charge in [0.15, 0.2) is 5.60 Å². The van der Waals surface area contributed by atoms with Gasteiger partial charge >= 0.3 is 18.2 Å². The number of carboxylic acids is 1. The van der Waals surface area contributed by atoms with Gasteiger partial charge in [0, 0.05) is 19.0 Å². The number of piperidine rings is 1. The molecule has 1 amide bonds. The molecule has 2 aromatic carbocycles. The molecule has 3 rings (SSSR count). The van der Waals surface area contributed by atoms with Crippen molar-refractivity contribution in [3.05, 3.63) is 64.7 Å². The maximum absolute atomic E-state index is 12.7. The number of carbonyl (C=O) groups excluding carboxylic acids is 1. The lowest BCUT2D eigenvalue weighted by molar-refractivity contribution is -0.152. The molecule has 0 bridgehead atoms. The van der Waals surface area contributed by atoms with E-state index in [0.29, 0.717) is 24.4 Å². The number of carbonyl (C=O) groups is 2. The topological polar surface area (TPSA) is 76.1 Å². The highest BCUT2D eigenvalue weighted by molar-refractivity contribution is 5.76. The number of halogens is 3. The van der Waals surface area contributed by atoms with Gasteiger partial charge in [0.2, 0.25) is 0 Å². The minimum absolute atomic E-state index is 0.0169. The SMILES string of the molecule is Cc1ccc(C2CCCN(C(=O)OCc3ccc(C(F)(F)F)cc3)C2)cc1OC(C)(C)C(=O)O. The second-order valence-corrected chi connectivity index (χ2v) is 8.98. The average molecular weight is 479 g/mol. The van der Waals surface area contributed by atoms with E-state index in [4.69, 9.17) is 9.47 Å². The number of ether oxygens (including phenoxy) is 2. The number of hydrogen-bond acceptors (Lipinski definition) is 4. The van der Waals surface area contributed by atoms with Crippen LogP contribution in [0.2, 0.25) is 0 Å². The summed E-state index contributed by atoms with van der Waals surface area (Å²) < 4.78 is 49.1. The highest BCUT2D eigenvalue weighted by Crippen LogP contribution is 2.33. The van der Waals surface area contributed by atoms with Crippen LogP contribution < -0.4 is 4.74 Å². The van der Waals surface area contributed by atoms with E-state index in [1.54, 1.807) is 4.90 Å². The molecule has 0 aromatic heterocycles. The molecule has 1 heterocycles. The molecule has 34 heavy (non-hydrogen) atoms. The number of hydrogen-bond donors (Lipinski definition) is 1. The molecule has 1 unspecified atom stereocenters. The highest BCUT2D eigenvalue weighted by Gasteiger charge is 2.32. The van der Waals surface area contributed by atoms with E-state index in [1.807, 2.05) is 25.1 Å². The van der Waals surface area contributed by atoms with Crippen LogP contribution in [0.4, 0.5) is 18.0 Å². The van der Waals surface area contributed by atoms with Gasteiger partial charge in [-0.15, -0.1) is 0 Å². The van der Waals surface area contributed by atoms with E-state index in [-0.39, 0.29) is 12.5 Å². The molecule has 0 spiro atoms. The summed E-state index contributed by atoms with van der Waals surface area (Å²) in [6.45, 7) is 5.61. The van der Waals surface area contributed by atoms with E-state index in [2.05, 4.69) is 0 Å². The number of alkyl halides is 3. The Morgan fingerprint density at radius 2 is 1.79 bits per heavy atom. The fraction of sp³-hybridized carbons (Fsp3) is 0.440. The highest BCUT2D eigenvalue weighted by atomic mass is 19.4. The average Bonchev–Trinajstić information content (AvgIpc) is 2.78. The maximum atomic E-state index is 12.7. The normalized spacial score (nSPS) is 16.8. The summed E-state index contributed by atoms with van der Waals surface area (Å²) in [6.07, 6.45) is -3.35. The van der Waals surface area contributed by atoms with Crippen LogP contribution in [0.1, 0.15) is 54.9 Å². The summed E-state index contributed by atoms with van der Waals surface area (Å²) in [6, 6.07) is 10.1. The first kappa shape index (κ1) is 25.4. The Balaban J connectivity index is 1.63. The first-order valence-corrected chi connectivity index (χ1v) is 11.0. The van der Waals surface area contributed by atoms with Crippen molar-refractivity contribution in [1.29, 1.82) is 0 Å². The van der Waals surface area contributed by atoms with Gasteiger partial charge in [-0.2, -0.15) is 13.2 Å². The van der Waals surface area contributed by atoms with Gasteiger partial charge in [-0.05, 0) is 68.5 Å². The first-order valence-electron chi connectivity index (χ1n) is 11.0. The molecule has 2 aromatic rings. The summed E-state index contributed by atoms with van der Waals surface area (Å²) in [5, 5.41) is 9.36. The Bertz CT molecular complexity index is 1030. The van der Waals surface area contributed by atoms with E-state index in [9.17, 15) is 27.9 Å². The Hall–Kier alpha value is -3.23. The van der Waals surface area contributed by atoms with Gasteiger partial charge in [-0.3, -0.25) is 0 Å². The largest absolute Gasteiger partial charge is 0.478 e. The summed E-state index contributed by atoms with van der Waals surface area (Å²) in [5.74, 6) is -0.577. The Morgan fingerprint density at radius 3 is 2.41 bits per heavy atom. The Labute approximate surface area is 196 Å². The van der Waals surface area contributed by atoms with E-state index in [0.717, 1.165) is 36.1 Å². The molecular weight excluding hydrogens is 451 g/mol. The van der Waals surface area contributed by atoms with Crippen molar-refractivity contribution >= 4 is 12.1 Å². The van der Waals surface area contributed by atoms with Gasteiger partial charge in [0.25, 0.3) is 0 Å². The molecular formula is C25H28F3NO5. The maximum Gasteiger partial charge on any atom is 0.416 e. The van der Waals surface area contributed by atoms with Crippen molar-refractivity contribution in [2.24, 2.45) is 0 Å². The van der Waals surface area contributed by atoms with Crippen LogP contribution in [0.25, 0.3) is 0 Å². The number of rotatable bonds is 6. The van der Waals surface area contributed by atoms with Crippen molar-refractivity contribution in [3.63, 3.8) is 0 Å². The Kier molecular flexibility index (Phi) is 7.43. The van der Waals surface area contributed by atoms with Crippen LogP contribution in [-0.2, 0) is 22.3 Å². The van der Waals surface area contributed by atoms with Crippen LogP contribution in [0.15, 0.2) is 42.5 Å². The predicted octanol–water partition coefficient (Wildman–Crippen LogP) is 5.77. The molecule has 0 radical (unpaired) electrons. The molecule has 184 valence electrons. The third-order valence-electron chi connectivity index (χ3n) is 5.89. The minimum atomic E-state index is -4.41. The summed E-state index contributed by atoms with van der Waals surface area (Å²) in [7, 11) is 0. The number of nitrogens with zero attached hydrogens (tertiary/aromatic N) is 1. The quantitative estimate of drug-likeness (QED) is 0.569. The number of amides is 1. The van der Waals surface area contributed by atoms with Crippen LogP contribution in [0.3, 0.4) is 0 Å².